The summed E-state index contributed by atoms with van der Waals surface area (Å²) in [6.45, 7) is 15.0. The highest BCUT2D eigenvalue weighted by Crippen LogP contribution is 2.29. The quantitative estimate of drug-likeness (QED) is 0.255. The van der Waals surface area contributed by atoms with E-state index in [4.69, 9.17) is 15.0 Å². The Morgan fingerprint density at radius 2 is 1.90 bits per heavy atom. The molecule has 0 spiro atoms. The number of halogens is 1. The zero-order valence-corrected chi connectivity index (χ0v) is 25.5. The molecule has 1 aromatic heterocycles. The number of nitriles is 1. The fourth-order valence-electron chi connectivity index (χ4n) is 4.81. The topological polar surface area (TPSA) is 93.0 Å². The molecule has 0 aliphatic carbocycles. The van der Waals surface area contributed by atoms with Crippen LogP contribution in [0.5, 0.6) is 0 Å². The summed E-state index contributed by atoms with van der Waals surface area (Å²) in [7, 11) is 2.01. The molecule has 3 aromatic rings. The molecule has 0 bridgehead atoms. The zero-order valence-electron chi connectivity index (χ0n) is 23.4. The summed E-state index contributed by atoms with van der Waals surface area (Å²) in [5, 5.41) is 16.9. The zero-order chi connectivity index (χ0) is 28.2. The van der Waals surface area contributed by atoms with Crippen molar-refractivity contribution in [1.82, 2.24) is 19.9 Å². The Labute approximate surface area is 245 Å². The lowest BCUT2D eigenvalue weighted by Gasteiger charge is -2.27. The molecule has 1 fully saturated rings. The van der Waals surface area contributed by atoms with Gasteiger partial charge in [-0.1, -0.05) is 69.8 Å². The Kier molecular flexibility index (Phi) is 9.08. The third kappa shape index (κ3) is 7.67. The van der Waals surface area contributed by atoms with E-state index in [9.17, 15) is 5.26 Å². The maximum atomic E-state index is 9.89. The molecule has 1 aliphatic rings. The van der Waals surface area contributed by atoms with Crippen molar-refractivity contribution in [2.24, 2.45) is 5.41 Å². The molecule has 9 heteroatoms. The van der Waals surface area contributed by atoms with Gasteiger partial charge in [-0.05, 0) is 64.1 Å². The van der Waals surface area contributed by atoms with Crippen molar-refractivity contribution in [1.29, 1.82) is 5.26 Å². The summed E-state index contributed by atoms with van der Waals surface area (Å²) in [4.78, 5) is 18.6. The summed E-state index contributed by atoms with van der Waals surface area (Å²) in [6, 6.07) is 18.5. The van der Waals surface area contributed by atoms with Crippen molar-refractivity contribution in [3.63, 3.8) is 0 Å². The van der Waals surface area contributed by atoms with Crippen LogP contribution in [0.3, 0.4) is 0 Å². The van der Waals surface area contributed by atoms with Crippen molar-refractivity contribution in [2.45, 2.75) is 46.2 Å². The molecule has 4 rings (SSSR count). The SMILES string of the molecule is C=C(I)c1ccc(C)c(Nc2nc(N[C@H]3CCN(C(C#N)c4ccccc4)C3)nc(N(C)CC(C)(C)C)n2)c1. The van der Waals surface area contributed by atoms with Crippen LogP contribution in [-0.4, -0.2) is 52.6 Å². The predicted molar refractivity (Wildman–Crippen MR) is 168 cm³/mol. The Balaban J connectivity index is 1.58. The Hall–Kier alpha value is -3.23. The van der Waals surface area contributed by atoms with E-state index in [-0.39, 0.29) is 17.5 Å². The van der Waals surface area contributed by atoms with Crippen LogP contribution in [0.4, 0.5) is 23.5 Å². The first kappa shape index (κ1) is 28.8. The molecule has 1 saturated heterocycles. The van der Waals surface area contributed by atoms with Crippen LogP contribution in [0.2, 0.25) is 0 Å². The van der Waals surface area contributed by atoms with Gasteiger partial charge in [-0.25, -0.2) is 0 Å². The minimum atomic E-state index is -0.273. The van der Waals surface area contributed by atoms with Gasteiger partial charge in [0.15, 0.2) is 0 Å². The standard InChI is InChI=1S/C30H37IN8/c1-20-12-13-23(21(2)31)16-25(20)34-28-35-27(36-29(37-28)38(6)19-30(3,4)5)33-24-14-15-39(18-24)26(17-32)22-10-8-7-9-11-22/h7-13,16,24,26H,2,14-15,18-19H2,1,3-6H3,(H2,33,34,35,36,37)/t24-,26?/m0/s1. The maximum absolute atomic E-state index is 9.89. The predicted octanol–water partition coefficient (Wildman–Crippen LogP) is 6.56. The van der Waals surface area contributed by atoms with Crippen LogP contribution in [0.15, 0.2) is 55.1 Å². The lowest BCUT2D eigenvalue weighted by molar-refractivity contribution is 0.292. The highest BCUT2D eigenvalue weighted by atomic mass is 127. The van der Waals surface area contributed by atoms with E-state index in [1.165, 1.54) is 0 Å². The number of rotatable bonds is 9. The van der Waals surface area contributed by atoms with Crippen LogP contribution in [-0.2, 0) is 0 Å². The van der Waals surface area contributed by atoms with E-state index in [1.54, 1.807) is 0 Å². The highest BCUT2D eigenvalue weighted by molar-refractivity contribution is 14.1. The fourth-order valence-corrected chi connectivity index (χ4v) is 5.14. The molecular formula is C30H37IN8. The van der Waals surface area contributed by atoms with E-state index >= 15 is 0 Å². The van der Waals surface area contributed by atoms with Crippen LogP contribution in [0.25, 0.3) is 3.58 Å². The van der Waals surface area contributed by atoms with Crippen molar-refractivity contribution in [2.75, 3.05) is 42.2 Å². The Bertz CT molecular complexity index is 1350. The molecule has 1 aliphatic heterocycles. The number of aryl methyl sites for hydroxylation is 1. The summed E-state index contributed by atoms with van der Waals surface area (Å²) < 4.78 is 0.969. The Morgan fingerprint density at radius 1 is 1.18 bits per heavy atom. The monoisotopic (exact) mass is 636 g/mol. The van der Waals surface area contributed by atoms with Gasteiger partial charge >= 0.3 is 0 Å². The second-order valence-corrected chi connectivity index (χ2v) is 12.6. The molecule has 2 N–H and O–H groups in total. The number of nitrogens with one attached hydrogen (secondary N) is 2. The minimum Gasteiger partial charge on any atom is -0.350 e. The van der Waals surface area contributed by atoms with Crippen molar-refractivity contribution in [3.8, 4) is 6.07 Å². The molecule has 8 nitrogen and oxygen atoms in total. The van der Waals surface area contributed by atoms with Crippen LogP contribution in [0, 0.1) is 23.7 Å². The van der Waals surface area contributed by atoms with Gasteiger partial charge in [-0.15, -0.1) is 0 Å². The van der Waals surface area contributed by atoms with Gasteiger partial charge in [-0.2, -0.15) is 20.2 Å². The second-order valence-electron chi connectivity index (χ2n) is 11.3. The largest absolute Gasteiger partial charge is 0.350 e. The van der Waals surface area contributed by atoms with E-state index in [1.807, 2.05) is 37.4 Å². The van der Waals surface area contributed by atoms with Crippen molar-refractivity contribution in [3.05, 3.63) is 71.8 Å². The van der Waals surface area contributed by atoms with Gasteiger partial charge < -0.3 is 15.5 Å². The average Bonchev–Trinajstić information content (AvgIpc) is 3.33. The average molecular weight is 637 g/mol. The molecule has 39 heavy (non-hydrogen) atoms. The summed E-state index contributed by atoms with van der Waals surface area (Å²) in [6.07, 6.45) is 0.894. The number of aromatic nitrogens is 3. The molecule has 0 amide bonds. The fraction of sp³-hybridized carbons (Fsp3) is 0.400. The van der Waals surface area contributed by atoms with Crippen LogP contribution >= 0.6 is 22.6 Å². The van der Waals surface area contributed by atoms with E-state index in [0.717, 1.165) is 52.0 Å². The highest BCUT2D eigenvalue weighted by Gasteiger charge is 2.30. The van der Waals surface area contributed by atoms with Gasteiger partial charge in [0.05, 0.1) is 6.07 Å². The van der Waals surface area contributed by atoms with Crippen LogP contribution < -0.4 is 15.5 Å². The summed E-state index contributed by atoms with van der Waals surface area (Å²) >= 11 is 2.23. The number of benzene rings is 2. The van der Waals surface area contributed by atoms with Crippen molar-refractivity contribution >= 4 is 49.7 Å². The third-order valence-electron chi connectivity index (χ3n) is 6.63. The van der Waals surface area contributed by atoms with E-state index < -0.39 is 0 Å². The molecule has 0 radical (unpaired) electrons. The van der Waals surface area contributed by atoms with Gasteiger partial charge in [0.25, 0.3) is 0 Å². The molecular weight excluding hydrogens is 599 g/mol. The molecule has 2 atom stereocenters. The van der Waals surface area contributed by atoms with Crippen LogP contribution in [0.1, 0.15) is 49.9 Å². The summed E-state index contributed by atoms with van der Waals surface area (Å²) in [5.74, 6) is 1.61. The second kappa shape index (κ2) is 12.3. The molecule has 2 aromatic carbocycles. The molecule has 204 valence electrons. The summed E-state index contributed by atoms with van der Waals surface area (Å²) in [5.41, 5.74) is 4.16. The number of hydrogen-bond acceptors (Lipinski definition) is 8. The van der Waals surface area contributed by atoms with Gasteiger partial charge in [0, 0.05) is 42.0 Å². The number of hydrogen-bond donors (Lipinski definition) is 2. The van der Waals surface area contributed by atoms with Gasteiger partial charge in [0.1, 0.15) is 6.04 Å². The Morgan fingerprint density at radius 3 is 2.56 bits per heavy atom. The number of anilines is 4. The normalized spacial score (nSPS) is 16.4. The first-order valence-electron chi connectivity index (χ1n) is 13.2. The maximum Gasteiger partial charge on any atom is 0.233 e. The lowest BCUT2D eigenvalue weighted by atomic mass is 9.96. The van der Waals surface area contributed by atoms with E-state index in [0.29, 0.717) is 17.8 Å². The third-order valence-corrected chi connectivity index (χ3v) is 7.25. The number of likely N-dealkylation sites (tertiary alicyclic amines) is 1. The molecule has 1 unspecified atom stereocenters. The first-order chi connectivity index (χ1) is 18.5. The van der Waals surface area contributed by atoms with Gasteiger partial charge in [0.2, 0.25) is 17.8 Å². The van der Waals surface area contributed by atoms with Crippen molar-refractivity contribution < 1.29 is 0 Å². The van der Waals surface area contributed by atoms with Gasteiger partial charge in [-0.3, -0.25) is 4.90 Å². The smallest absolute Gasteiger partial charge is 0.233 e. The van der Waals surface area contributed by atoms with E-state index in [2.05, 4.69) is 102 Å². The molecule has 2 heterocycles. The molecule has 0 saturated carbocycles. The minimum absolute atomic E-state index is 0.0732. The number of nitrogens with zero attached hydrogens (tertiary/aromatic N) is 6. The first-order valence-corrected chi connectivity index (χ1v) is 14.2. The lowest BCUT2D eigenvalue weighted by Crippen LogP contribution is -2.32.